The number of aromatic nitrogens is 1. The Morgan fingerprint density at radius 1 is 1.17 bits per heavy atom. The summed E-state index contributed by atoms with van der Waals surface area (Å²) in [5, 5.41) is 6.81. The molecule has 7 nitrogen and oxygen atoms in total. The number of thiazole rings is 1. The van der Waals surface area contributed by atoms with Crippen molar-refractivity contribution >= 4 is 40.4 Å². The number of hydrogen-bond acceptors (Lipinski definition) is 5. The summed E-state index contributed by atoms with van der Waals surface area (Å²) in [5.41, 5.74) is 2.57. The number of aryl methyl sites for hydroxylation is 3. The van der Waals surface area contributed by atoms with E-state index < -0.39 is 0 Å². The van der Waals surface area contributed by atoms with Crippen LogP contribution >= 0.6 is 11.3 Å². The van der Waals surface area contributed by atoms with Crippen molar-refractivity contribution in [2.45, 2.75) is 51.4 Å². The fourth-order valence-electron chi connectivity index (χ4n) is 3.88. The van der Waals surface area contributed by atoms with Crippen molar-refractivity contribution in [3.8, 4) is 0 Å². The predicted octanol–water partition coefficient (Wildman–Crippen LogP) is 2.84. The second-order valence-electron chi connectivity index (χ2n) is 7.68. The van der Waals surface area contributed by atoms with Crippen LogP contribution in [-0.2, 0) is 33.6 Å². The summed E-state index contributed by atoms with van der Waals surface area (Å²) in [6, 6.07) is 7.19. The van der Waals surface area contributed by atoms with Gasteiger partial charge in [0.1, 0.15) is 6.54 Å². The van der Waals surface area contributed by atoms with E-state index in [1.165, 1.54) is 28.3 Å². The molecule has 0 saturated heterocycles. The molecule has 1 aliphatic heterocycles. The lowest BCUT2D eigenvalue weighted by Gasteiger charge is -2.29. The third-order valence-corrected chi connectivity index (χ3v) is 6.63. The summed E-state index contributed by atoms with van der Waals surface area (Å²) >= 11 is 1.81. The van der Waals surface area contributed by atoms with Crippen molar-refractivity contribution in [2.24, 2.45) is 0 Å². The highest BCUT2D eigenvalue weighted by atomic mass is 32.1. The zero-order chi connectivity index (χ0) is 20.9. The topological polar surface area (TPSA) is 91.4 Å². The van der Waals surface area contributed by atoms with E-state index in [4.69, 9.17) is 4.98 Å². The van der Waals surface area contributed by atoms with Gasteiger partial charge < -0.3 is 15.5 Å². The molecule has 1 aromatic heterocycles. The Bertz CT molecular complexity index is 932. The minimum absolute atomic E-state index is 0.0186. The maximum Gasteiger partial charge on any atom is 0.244 e. The van der Waals surface area contributed by atoms with E-state index in [0.29, 0.717) is 17.9 Å². The van der Waals surface area contributed by atoms with Crippen LogP contribution in [0.4, 0.5) is 11.4 Å². The molecule has 0 saturated carbocycles. The van der Waals surface area contributed by atoms with Crippen LogP contribution in [0.25, 0.3) is 0 Å². The number of hydrogen-bond donors (Lipinski definition) is 2. The first-order valence-electron chi connectivity index (χ1n) is 10.5. The Labute approximate surface area is 179 Å². The van der Waals surface area contributed by atoms with Crippen molar-refractivity contribution in [1.82, 2.24) is 10.3 Å². The number of carbonyl (C=O) groups excluding carboxylic acids is 3. The van der Waals surface area contributed by atoms with Gasteiger partial charge in [-0.25, -0.2) is 4.98 Å². The van der Waals surface area contributed by atoms with Crippen LogP contribution in [-0.4, -0.2) is 35.8 Å². The van der Waals surface area contributed by atoms with Crippen molar-refractivity contribution in [3.05, 3.63) is 39.8 Å². The van der Waals surface area contributed by atoms with E-state index >= 15 is 0 Å². The second-order valence-corrected chi connectivity index (χ2v) is 8.85. The zero-order valence-corrected chi connectivity index (χ0v) is 17.7. The zero-order valence-electron chi connectivity index (χ0n) is 16.9. The van der Waals surface area contributed by atoms with Crippen LogP contribution in [0.1, 0.15) is 47.7 Å². The Kier molecular flexibility index (Phi) is 6.42. The highest BCUT2D eigenvalue weighted by molar-refractivity contribution is 7.11. The van der Waals surface area contributed by atoms with Gasteiger partial charge in [0.05, 0.1) is 22.1 Å². The van der Waals surface area contributed by atoms with Gasteiger partial charge in [-0.05, 0) is 44.2 Å². The number of benzene rings is 1. The lowest BCUT2D eigenvalue weighted by molar-refractivity contribution is -0.125. The molecule has 8 heteroatoms. The lowest BCUT2D eigenvalue weighted by atomic mass is 10.0. The van der Waals surface area contributed by atoms with Gasteiger partial charge in [-0.1, -0.05) is 12.1 Å². The molecule has 2 N–H and O–H groups in total. The first kappa shape index (κ1) is 20.5. The average Bonchev–Trinajstić information content (AvgIpc) is 3.17. The van der Waals surface area contributed by atoms with Crippen molar-refractivity contribution in [2.75, 3.05) is 23.3 Å². The molecule has 1 aromatic carbocycles. The van der Waals surface area contributed by atoms with Crippen molar-refractivity contribution in [3.63, 3.8) is 0 Å². The van der Waals surface area contributed by atoms with Crippen molar-refractivity contribution in [1.29, 1.82) is 0 Å². The van der Waals surface area contributed by atoms with Crippen LogP contribution < -0.4 is 15.5 Å². The van der Waals surface area contributed by atoms with E-state index in [1.54, 1.807) is 12.1 Å². The maximum absolute atomic E-state index is 12.6. The molecule has 3 amide bonds. The van der Waals surface area contributed by atoms with Crippen LogP contribution in [0.2, 0.25) is 0 Å². The van der Waals surface area contributed by atoms with Crippen LogP contribution in [0.5, 0.6) is 0 Å². The summed E-state index contributed by atoms with van der Waals surface area (Å²) in [6.45, 7) is 0.557. The molecule has 2 aromatic rings. The Morgan fingerprint density at radius 3 is 2.87 bits per heavy atom. The number of anilines is 2. The number of para-hydroxylation sites is 2. The van der Waals surface area contributed by atoms with E-state index in [1.807, 2.05) is 23.5 Å². The lowest BCUT2D eigenvalue weighted by Crippen LogP contribution is -2.42. The van der Waals surface area contributed by atoms with Gasteiger partial charge in [0.2, 0.25) is 17.7 Å². The van der Waals surface area contributed by atoms with E-state index in [2.05, 4.69) is 10.6 Å². The Morgan fingerprint density at radius 2 is 2.00 bits per heavy atom. The van der Waals surface area contributed by atoms with Gasteiger partial charge in [-0.2, -0.15) is 0 Å². The van der Waals surface area contributed by atoms with Gasteiger partial charge in [-0.15, -0.1) is 11.3 Å². The molecule has 4 rings (SSSR count). The molecule has 30 heavy (non-hydrogen) atoms. The largest absolute Gasteiger partial charge is 0.356 e. The highest BCUT2D eigenvalue weighted by Crippen LogP contribution is 2.29. The minimum atomic E-state index is -0.227. The quantitative estimate of drug-likeness (QED) is 0.666. The average molecular weight is 427 g/mol. The third-order valence-electron chi connectivity index (χ3n) is 5.42. The van der Waals surface area contributed by atoms with Crippen LogP contribution in [0, 0.1) is 0 Å². The number of fused-ring (bicyclic) bond motifs is 2. The number of nitrogens with one attached hydrogen (secondary N) is 2. The predicted molar refractivity (Wildman–Crippen MR) is 117 cm³/mol. The summed E-state index contributed by atoms with van der Waals surface area (Å²) < 4.78 is 0. The Hall–Kier alpha value is -2.74. The van der Waals surface area contributed by atoms with E-state index in [9.17, 15) is 14.4 Å². The number of amides is 3. The van der Waals surface area contributed by atoms with Gasteiger partial charge >= 0.3 is 0 Å². The summed E-state index contributed by atoms with van der Waals surface area (Å²) in [6.07, 6.45) is 6.65. The first-order chi connectivity index (χ1) is 14.6. The molecule has 0 unspecified atom stereocenters. The van der Waals surface area contributed by atoms with Gasteiger partial charge in [0.25, 0.3) is 0 Å². The van der Waals surface area contributed by atoms with Crippen LogP contribution in [0.15, 0.2) is 24.3 Å². The monoisotopic (exact) mass is 426 g/mol. The molecule has 2 heterocycles. The van der Waals surface area contributed by atoms with Crippen LogP contribution in [0.3, 0.4) is 0 Å². The molecule has 0 atom stereocenters. The summed E-state index contributed by atoms with van der Waals surface area (Å²) in [7, 11) is 0. The highest BCUT2D eigenvalue weighted by Gasteiger charge is 2.26. The molecule has 2 aliphatic rings. The second kappa shape index (κ2) is 9.38. The molecular weight excluding hydrogens is 400 g/mol. The number of rotatable bonds is 7. The normalized spacial score (nSPS) is 15.2. The maximum atomic E-state index is 12.6. The molecular formula is C22H26N4O3S. The number of nitrogens with zero attached hydrogens (tertiary/aromatic N) is 2. The summed E-state index contributed by atoms with van der Waals surface area (Å²) in [4.78, 5) is 44.2. The van der Waals surface area contributed by atoms with Gasteiger partial charge in [-0.3, -0.25) is 14.4 Å². The molecule has 158 valence electrons. The summed E-state index contributed by atoms with van der Waals surface area (Å²) in [5.74, 6) is -0.590. The third kappa shape index (κ3) is 4.87. The molecule has 1 aliphatic carbocycles. The Balaban J connectivity index is 1.19. The van der Waals surface area contributed by atoms with Crippen molar-refractivity contribution < 1.29 is 14.4 Å². The molecule has 0 radical (unpaired) electrons. The van der Waals surface area contributed by atoms with Gasteiger partial charge in [0, 0.05) is 30.7 Å². The number of carbonyl (C=O) groups is 3. The first-order valence-corrected chi connectivity index (χ1v) is 11.3. The van der Waals surface area contributed by atoms with Gasteiger partial charge in [0.15, 0.2) is 0 Å². The fourth-order valence-corrected chi connectivity index (χ4v) is 5.08. The minimum Gasteiger partial charge on any atom is -0.356 e. The molecule has 0 fully saturated rings. The molecule has 0 bridgehead atoms. The van der Waals surface area contributed by atoms with E-state index in [-0.39, 0.29) is 37.1 Å². The van der Waals surface area contributed by atoms with E-state index in [0.717, 1.165) is 30.7 Å². The smallest absolute Gasteiger partial charge is 0.244 e. The SMILES string of the molecule is O=C(CCC(=O)N1CC(=O)Nc2ccccc21)NCCCc1nc2c(s1)CCCC2. The fraction of sp³-hybridized carbons (Fsp3) is 0.455. The standard InChI is InChI=1S/C22H26N4O3S/c27-19(23-13-5-10-21-25-16-7-2-4-9-18(16)30-21)11-12-22(29)26-14-20(28)24-15-6-1-3-8-17(15)26/h1,3,6,8H,2,4-5,7,9-14H2,(H,23,27)(H,24,28). The molecule has 0 spiro atoms.